The number of carboxylic acid groups (broad SMARTS) is 1. The molecule has 92 valence electrons. The first kappa shape index (κ1) is 11.1. The van der Waals surface area contributed by atoms with Crippen LogP contribution in [0, 0.1) is 0 Å². The number of hydrogen-bond donors (Lipinski definition) is 1. The van der Waals surface area contributed by atoms with E-state index in [1.165, 1.54) is 22.1 Å². The molecule has 6 nitrogen and oxygen atoms in total. The minimum absolute atomic E-state index is 0.0492. The van der Waals surface area contributed by atoms with Crippen LogP contribution in [0.4, 0.5) is 0 Å². The Kier molecular flexibility index (Phi) is 2.30. The quantitative estimate of drug-likeness (QED) is 0.626. The zero-order valence-electron chi connectivity index (χ0n) is 9.40. The van der Waals surface area contributed by atoms with Gasteiger partial charge in [0.2, 0.25) is 0 Å². The number of amides is 1. The van der Waals surface area contributed by atoms with Gasteiger partial charge in [0.1, 0.15) is 11.1 Å². The molecular weight excluding hydrogens is 254 g/mol. The molecule has 1 amide bonds. The van der Waals surface area contributed by atoms with Crippen LogP contribution < -0.4 is 0 Å². The van der Waals surface area contributed by atoms with E-state index in [0.29, 0.717) is 11.3 Å². The molecule has 1 aromatic rings. The third-order valence-electron chi connectivity index (χ3n) is 2.78. The number of carbonyl (C=O) groups excluding carboxylic acids is 1. The van der Waals surface area contributed by atoms with Crippen molar-refractivity contribution in [3.8, 4) is 0 Å². The first-order valence-corrected chi connectivity index (χ1v) is 6.14. The lowest BCUT2D eigenvalue weighted by Gasteiger charge is -2.36. The molecule has 7 heteroatoms. The fraction of sp³-hybridized carbons (Fsp3) is 0.182. The van der Waals surface area contributed by atoms with Crippen LogP contribution in [-0.4, -0.2) is 36.8 Å². The number of nitrogens with zero attached hydrogens (tertiary/aromatic N) is 3. The molecule has 0 radical (unpaired) electrons. The molecule has 1 aromatic heterocycles. The molecule has 0 aliphatic carbocycles. The Morgan fingerprint density at radius 3 is 3.00 bits per heavy atom. The predicted octanol–water partition coefficient (Wildman–Crippen LogP) is 0.645. The second-order valence-electron chi connectivity index (χ2n) is 4.04. The first-order valence-electron chi connectivity index (χ1n) is 5.20. The van der Waals surface area contributed by atoms with Crippen molar-refractivity contribution in [3.05, 3.63) is 34.9 Å². The number of aliphatic carboxylic acids is 1. The Labute approximate surface area is 107 Å². The zero-order chi connectivity index (χ0) is 12.9. The van der Waals surface area contributed by atoms with Gasteiger partial charge in [0.15, 0.2) is 0 Å². The normalized spacial score (nSPS) is 23.9. The fourth-order valence-electron chi connectivity index (χ4n) is 1.93. The maximum Gasteiger partial charge on any atom is 0.353 e. The Balaban J connectivity index is 1.86. The van der Waals surface area contributed by atoms with Crippen LogP contribution in [0.25, 0.3) is 6.08 Å². The third-order valence-corrected chi connectivity index (χ3v) is 3.86. The van der Waals surface area contributed by atoms with Crippen LogP contribution >= 0.6 is 11.8 Å². The smallest absolute Gasteiger partial charge is 0.353 e. The van der Waals surface area contributed by atoms with Gasteiger partial charge in [0.05, 0.1) is 17.6 Å². The molecule has 2 aliphatic heterocycles. The van der Waals surface area contributed by atoms with Crippen LogP contribution in [0.2, 0.25) is 0 Å². The molecule has 3 heterocycles. The predicted molar refractivity (Wildman–Crippen MR) is 65.1 cm³/mol. The molecule has 18 heavy (non-hydrogen) atoms. The summed E-state index contributed by atoms with van der Waals surface area (Å²) in [6.07, 6.45) is 5.15. The molecule has 0 aromatic carbocycles. The minimum Gasteiger partial charge on any atom is -0.477 e. The van der Waals surface area contributed by atoms with E-state index in [9.17, 15) is 9.59 Å². The summed E-state index contributed by atoms with van der Waals surface area (Å²) in [5.74, 6) is -1.33. The number of hydrogen-bond acceptors (Lipinski definition) is 4. The van der Waals surface area contributed by atoms with Crippen LogP contribution in [0.5, 0.6) is 0 Å². The topological polar surface area (TPSA) is 75.4 Å². The maximum absolute atomic E-state index is 11.9. The van der Waals surface area contributed by atoms with Gasteiger partial charge in [-0.15, -0.1) is 11.8 Å². The highest BCUT2D eigenvalue weighted by atomic mass is 32.2. The lowest BCUT2D eigenvalue weighted by Crippen LogP contribution is -2.51. The van der Waals surface area contributed by atoms with E-state index in [4.69, 9.17) is 5.11 Å². The van der Waals surface area contributed by atoms with Gasteiger partial charge in [-0.3, -0.25) is 9.69 Å². The summed E-state index contributed by atoms with van der Waals surface area (Å²) in [5, 5.41) is 10.2. The van der Waals surface area contributed by atoms with E-state index in [-0.39, 0.29) is 17.0 Å². The van der Waals surface area contributed by atoms with Crippen molar-refractivity contribution < 1.29 is 14.7 Å². The van der Waals surface area contributed by atoms with E-state index < -0.39 is 5.97 Å². The Hall–Kier alpha value is -2.02. The Morgan fingerprint density at radius 1 is 1.61 bits per heavy atom. The lowest BCUT2D eigenvalue weighted by molar-refractivity contribution is -0.141. The van der Waals surface area contributed by atoms with Gasteiger partial charge in [0.25, 0.3) is 5.91 Å². The van der Waals surface area contributed by atoms with Gasteiger partial charge < -0.3 is 9.67 Å². The summed E-state index contributed by atoms with van der Waals surface area (Å²) in [7, 11) is 1.85. The summed E-state index contributed by atoms with van der Waals surface area (Å²) in [5.41, 5.74) is 1.34. The number of β-lactam (4-membered cyclic amide) rings is 1. The molecule has 1 N–H and O–H groups in total. The summed E-state index contributed by atoms with van der Waals surface area (Å²) in [4.78, 5) is 28.2. The first-order chi connectivity index (χ1) is 8.58. The maximum atomic E-state index is 11.9. The minimum atomic E-state index is -1.07. The van der Waals surface area contributed by atoms with Crippen LogP contribution in [0.15, 0.2) is 29.2 Å². The number of carboxylic acids is 1. The molecule has 1 fully saturated rings. The molecule has 0 spiro atoms. The largest absolute Gasteiger partial charge is 0.477 e. The van der Waals surface area contributed by atoms with Gasteiger partial charge in [-0.25, -0.2) is 9.78 Å². The van der Waals surface area contributed by atoms with Crippen molar-refractivity contribution in [1.82, 2.24) is 14.5 Å². The second kappa shape index (κ2) is 3.74. The third kappa shape index (κ3) is 1.47. The number of imidazole rings is 1. The number of aromatic nitrogens is 2. The van der Waals surface area contributed by atoms with E-state index in [1.54, 1.807) is 23.2 Å². The molecule has 0 saturated carbocycles. The Bertz CT molecular complexity index is 617. The van der Waals surface area contributed by atoms with Crippen molar-refractivity contribution in [1.29, 1.82) is 0 Å². The average Bonchev–Trinajstić information content (AvgIpc) is 2.89. The van der Waals surface area contributed by atoms with E-state index in [2.05, 4.69) is 4.98 Å². The summed E-state index contributed by atoms with van der Waals surface area (Å²) in [6, 6.07) is 0. The number of carbonyl (C=O) groups is 2. The van der Waals surface area contributed by atoms with Crippen LogP contribution in [0.1, 0.15) is 5.69 Å². The lowest BCUT2D eigenvalue weighted by atomic mass is 10.0. The Morgan fingerprint density at radius 2 is 2.39 bits per heavy atom. The van der Waals surface area contributed by atoms with Crippen molar-refractivity contribution >= 4 is 29.7 Å². The van der Waals surface area contributed by atoms with Crippen LogP contribution in [0.3, 0.4) is 0 Å². The van der Waals surface area contributed by atoms with E-state index in [1.807, 2.05) is 7.05 Å². The fourth-order valence-corrected chi connectivity index (χ4v) is 3.05. The zero-order valence-corrected chi connectivity index (χ0v) is 10.2. The average molecular weight is 263 g/mol. The summed E-state index contributed by atoms with van der Waals surface area (Å²) < 4.78 is 1.79. The highest BCUT2D eigenvalue weighted by Crippen LogP contribution is 2.44. The van der Waals surface area contributed by atoms with Gasteiger partial charge >= 0.3 is 5.97 Å². The molecule has 2 aliphatic rings. The number of aryl methyl sites for hydroxylation is 1. The van der Waals surface area contributed by atoms with Crippen molar-refractivity contribution in [3.63, 3.8) is 0 Å². The van der Waals surface area contributed by atoms with Gasteiger partial charge in [-0.05, 0) is 6.08 Å². The highest BCUT2D eigenvalue weighted by Gasteiger charge is 2.49. The molecule has 0 unspecified atom stereocenters. The van der Waals surface area contributed by atoms with Crippen molar-refractivity contribution in [2.24, 2.45) is 7.05 Å². The SMILES string of the molecule is Cn1cnc(/C=C2/C(=O)N3C(C(=O)O)=CS[C@H]23)c1. The van der Waals surface area contributed by atoms with Gasteiger partial charge in [-0.1, -0.05) is 0 Å². The van der Waals surface area contributed by atoms with E-state index >= 15 is 0 Å². The van der Waals surface area contributed by atoms with Crippen molar-refractivity contribution in [2.75, 3.05) is 0 Å². The number of rotatable bonds is 2. The number of fused-ring (bicyclic) bond motifs is 1. The number of thioether (sulfide) groups is 1. The monoisotopic (exact) mass is 263 g/mol. The van der Waals surface area contributed by atoms with Crippen molar-refractivity contribution in [2.45, 2.75) is 5.37 Å². The molecule has 3 rings (SSSR count). The molecule has 1 saturated heterocycles. The molecule has 1 atom stereocenters. The molecular formula is C11H9N3O3S. The van der Waals surface area contributed by atoms with E-state index in [0.717, 1.165) is 0 Å². The van der Waals surface area contributed by atoms with Crippen LogP contribution in [-0.2, 0) is 16.6 Å². The summed E-state index contributed by atoms with van der Waals surface area (Å²) >= 11 is 1.33. The van der Waals surface area contributed by atoms with Gasteiger partial charge in [-0.2, -0.15) is 0 Å². The molecule has 0 bridgehead atoms. The highest BCUT2D eigenvalue weighted by molar-refractivity contribution is 8.03. The standard InChI is InChI=1S/C11H9N3O3S/c1-13-3-6(12-5-13)2-7-9(15)14-8(11(16)17)4-18-10(7)14/h2-5,10H,1H3,(H,16,17)/b7-2-/t10-/m1/s1. The van der Waals surface area contributed by atoms with Gasteiger partial charge in [0, 0.05) is 18.7 Å². The second-order valence-corrected chi connectivity index (χ2v) is 4.99. The summed E-state index contributed by atoms with van der Waals surface area (Å²) in [6.45, 7) is 0.